The minimum atomic E-state index is -0.629. The van der Waals surface area contributed by atoms with Gasteiger partial charge in [0, 0.05) is 11.8 Å². The van der Waals surface area contributed by atoms with Crippen LogP contribution >= 0.6 is 11.3 Å². The Morgan fingerprint density at radius 3 is 2.70 bits per heavy atom. The number of benzene rings is 2. The molecule has 1 amide bonds. The van der Waals surface area contributed by atoms with E-state index in [2.05, 4.69) is 5.32 Å². The lowest BCUT2D eigenvalue weighted by Crippen LogP contribution is -2.42. The lowest BCUT2D eigenvalue weighted by atomic mass is 10.2. The Hall–Kier alpha value is -3.43. The van der Waals surface area contributed by atoms with E-state index in [-0.39, 0.29) is 31.2 Å². The molecule has 4 rings (SSSR count). The van der Waals surface area contributed by atoms with Crippen LogP contribution < -0.4 is 10.1 Å². The molecule has 1 aliphatic heterocycles. The van der Waals surface area contributed by atoms with Gasteiger partial charge in [0.15, 0.2) is 0 Å². The molecule has 7 nitrogen and oxygen atoms in total. The summed E-state index contributed by atoms with van der Waals surface area (Å²) in [7, 11) is 0. The number of carbonyl (C=O) groups is 1. The Balaban J connectivity index is 1.39. The average Bonchev–Trinajstić information content (AvgIpc) is 3.51. The standard InChI is InChI=1S/C28H32FN3O4S/c1-28(2,3)36-27(33)32-16-24(34-17-19-7-4-8-20(29)13-19)15-22(32)18-35-23-10-5-9-21(14-23)31-26(30)25-11-6-12-37-25/h4-14,22,24H,15-18H2,1-3H3,(H2,30,31)/t22-,24+/m0/s1. The molecule has 0 radical (unpaired) electrons. The zero-order valence-corrected chi connectivity index (χ0v) is 22.0. The van der Waals surface area contributed by atoms with E-state index in [0.29, 0.717) is 24.6 Å². The third-order valence-corrected chi connectivity index (χ3v) is 6.58. The van der Waals surface area contributed by atoms with E-state index in [1.165, 1.54) is 23.5 Å². The summed E-state index contributed by atoms with van der Waals surface area (Å²) in [4.78, 5) is 15.4. The van der Waals surface area contributed by atoms with E-state index >= 15 is 0 Å². The van der Waals surface area contributed by atoms with Crippen LogP contribution in [0.4, 0.5) is 14.9 Å². The van der Waals surface area contributed by atoms with E-state index in [1.54, 1.807) is 11.0 Å². The van der Waals surface area contributed by atoms with Crippen LogP contribution in [0.3, 0.4) is 0 Å². The number of nitrogens with one attached hydrogen (secondary N) is 2. The molecule has 1 aliphatic rings. The van der Waals surface area contributed by atoms with Crippen LogP contribution in [0.25, 0.3) is 0 Å². The van der Waals surface area contributed by atoms with Gasteiger partial charge in [-0.25, -0.2) is 9.18 Å². The highest BCUT2D eigenvalue weighted by atomic mass is 32.1. The monoisotopic (exact) mass is 525 g/mol. The van der Waals surface area contributed by atoms with Gasteiger partial charge in [-0.1, -0.05) is 24.3 Å². The SMILES string of the molecule is CC(C)(C)OC(=O)N1C[C@H](OCc2cccc(F)c2)C[C@H]1COc1cccc(NC(=N)c2cccs2)c1. The maximum atomic E-state index is 13.5. The number of hydrogen-bond acceptors (Lipinski definition) is 6. The largest absolute Gasteiger partial charge is 0.491 e. The molecule has 9 heteroatoms. The molecule has 1 fully saturated rings. The van der Waals surface area contributed by atoms with E-state index in [4.69, 9.17) is 19.6 Å². The molecule has 0 bridgehead atoms. The van der Waals surface area contributed by atoms with Crippen molar-refractivity contribution in [3.8, 4) is 5.75 Å². The Bertz CT molecular complexity index is 1210. The predicted molar refractivity (Wildman–Crippen MR) is 143 cm³/mol. The van der Waals surface area contributed by atoms with Gasteiger partial charge in [-0.05, 0) is 68.5 Å². The second-order valence-electron chi connectivity index (χ2n) is 9.90. The van der Waals surface area contributed by atoms with Crippen LogP contribution in [0.1, 0.15) is 37.6 Å². The van der Waals surface area contributed by atoms with E-state index < -0.39 is 11.7 Å². The highest BCUT2D eigenvalue weighted by Gasteiger charge is 2.38. The first-order valence-electron chi connectivity index (χ1n) is 12.1. The molecule has 2 N–H and O–H groups in total. The predicted octanol–water partition coefficient (Wildman–Crippen LogP) is 6.30. The maximum absolute atomic E-state index is 13.5. The summed E-state index contributed by atoms with van der Waals surface area (Å²) in [6, 6.07) is 17.2. The summed E-state index contributed by atoms with van der Waals surface area (Å²) in [5.41, 5.74) is 0.847. The number of amidine groups is 1. The zero-order chi connectivity index (χ0) is 26.4. The highest BCUT2D eigenvalue weighted by Crippen LogP contribution is 2.26. The molecule has 3 aromatic rings. The minimum absolute atomic E-state index is 0.233. The summed E-state index contributed by atoms with van der Waals surface area (Å²) < 4.78 is 31.3. The molecule has 0 aliphatic carbocycles. The normalized spacial score (nSPS) is 17.5. The molecule has 2 aromatic carbocycles. The number of likely N-dealkylation sites (tertiary alicyclic amines) is 1. The van der Waals surface area contributed by atoms with Gasteiger partial charge in [0.1, 0.15) is 29.6 Å². The summed E-state index contributed by atoms with van der Waals surface area (Å²) in [6.45, 7) is 6.36. The Morgan fingerprint density at radius 1 is 1.16 bits per heavy atom. The van der Waals surface area contributed by atoms with Gasteiger partial charge in [-0.2, -0.15) is 0 Å². The van der Waals surface area contributed by atoms with Crippen molar-refractivity contribution in [1.82, 2.24) is 4.90 Å². The van der Waals surface area contributed by atoms with Crippen LogP contribution in [-0.4, -0.2) is 47.7 Å². The first kappa shape index (κ1) is 26.6. The molecule has 0 saturated carbocycles. The second-order valence-corrected chi connectivity index (χ2v) is 10.8. The Kier molecular flexibility index (Phi) is 8.45. The number of thiophene rings is 1. The molecule has 196 valence electrons. The van der Waals surface area contributed by atoms with Crippen molar-refractivity contribution in [3.63, 3.8) is 0 Å². The first-order valence-corrected chi connectivity index (χ1v) is 13.0. The van der Waals surface area contributed by atoms with Crippen molar-refractivity contribution in [1.29, 1.82) is 5.41 Å². The van der Waals surface area contributed by atoms with Gasteiger partial charge in [0.25, 0.3) is 0 Å². The van der Waals surface area contributed by atoms with Crippen LogP contribution in [0.2, 0.25) is 0 Å². The number of carbonyl (C=O) groups excluding carboxylic acids is 1. The van der Waals surface area contributed by atoms with E-state index in [0.717, 1.165) is 16.1 Å². The quantitative estimate of drug-likeness (QED) is 0.266. The van der Waals surface area contributed by atoms with Gasteiger partial charge in [0.05, 0.1) is 30.2 Å². The van der Waals surface area contributed by atoms with Gasteiger partial charge >= 0.3 is 6.09 Å². The fraction of sp³-hybridized carbons (Fsp3) is 0.357. The maximum Gasteiger partial charge on any atom is 0.410 e. The minimum Gasteiger partial charge on any atom is -0.491 e. The molecule has 1 saturated heterocycles. The van der Waals surface area contributed by atoms with Crippen molar-refractivity contribution < 1.29 is 23.4 Å². The lowest BCUT2D eigenvalue weighted by molar-refractivity contribution is 0.0127. The molecule has 1 aromatic heterocycles. The van der Waals surface area contributed by atoms with Crippen LogP contribution in [0.15, 0.2) is 66.0 Å². The van der Waals surface area contributed by atoms with Gasteiger partial charge < -0.3 is 19.5 Å². The van der Waals surface area contributed by atoms with Crippen LogP contribution in [0, 0.1) is 11.2 Å². The Morgan fingerprint density at radius 2 is 1.97 bits per heavy atom. The van der Waals surface area contributed by atoms with Crippen molar-refractivity contribution in [2.24, 2.45) is 0 Å². The topological polar surface area (TPSA) is 83.9 Å². The summed E-state index contributed by atoms with van der Waals surface area (Å²) in [5.74, 6) is 0.631. The third kappa shape index (κ3) is 7.77. The number of amides is 1. The van der Waals surface area contributed by atoms with Crippen molar-refractivity contribution >= 4 is 29.0 Å². The van der Waals surface area contributed by atoms with Crippen molar-refractivity contribution in [2.75, 3.05) is 18.5 Å². The third-order valence-electron chi connectivity index (χ3n) is 5.69. The number of nitrogens with zero attached hydrogens (tertiary/aromatic N) is 1. The van der Waals surface area contributed by atoms with Gasteiger partial charge in [0.2, 0.25) is 0 Å². The highest BCUT2D eigenvalue weighted by molar-refractivity contribution is 7.12. The smallest absolute Gasteiger partial charge is 0.410 e. The van der Waals surface area contributed by atoms with E-state index in [9.17, 15) is 9.18 Å². The molecular formula is C28H32FN3O4S. The summed E-state index contributed by atoms with van der Waals surface area (Å²) >= 11 is 1.49. The van der Waals surface area contributed by atoms with E-state index in [1.807, 2.05) is 68.6 Å². The molecule has 2 atom stereocenters. The van der Waals surface area contributed by atoms with Gasteiger partial charge in [-0.15, -0.1) is 11.3 Å². The zero-order valence-electron chi connectivity index (χ0n) is 21.2. The fourth-order valence-electron chi connectivity index (χ4n) is 4.02. The Labute approximate surface area is 220 Å². The number of halogens is 1. The summed E-state index contributed by atoms with van der Waals surface area (Å²) in [5, 5.41) is 13.3. The number of rotatable bonds is 8. The van der Waals surface area contributed by atoms with Crippen molar-refractivity contribution in [3.05, 3.63) is 82.3 Å². The molecule has 0 unspecified atom stereocenters. The fourth-order valence-corrected chi connectivity index (χ4v) is 4.65. The van der Waals surface area contributed by atoms with Crippen LogP contribution in [-0.2, 0) is 16.1 Å². The number of ether oxygens (including phenoxy) is 3. The lowest BCUT2D eigenvalue weighted by Gasteiger charge is -2.28. The average molecular weight is 526 g/mol. The first-order chi connectivity index (χ1) is 17.7. The molecule has 0 spiro atoms. The molecule has 37 heavy (non-hydrogen) atoms. The number of hydrogen-bond donors (Lipinski definition) is 2. The summed E-state index contributed by atoms with van der Waals surface area (Å²) in [6.07, 6.45) is -0.0865. The van der Waals surface area contributed by atoms with Crippen LogP contribution in [0.5, 0.6) is 5.75 Å². The van der Waals surface area contributed by atoms with Crippen molar-refractivity contribution in [2.45, 2.75) is 51.5 Å². The van der Waals surface area contributed by atoms with Gasteiger partial charge in [-0.3, -0.25) is 10.3 Å². The number of anilines is 1. The second kappa shape index (κ2) is 11.7. The molecule has 2 heterocycles. The molecular weight excluding hydrogens is 493 g/mol.